The van der Waals surface area contributed by atoms with Crippen molar-refractivity contribution >= 4 is 16.9 Å². The molecule has 4 aromatic rings. The number of aliphatic carboxylic acids is 1. The molecule has 2 aromatic heterocycles. The molecule has 0 radical (unpaired) electrons. The Morgan fingerprint density at radius 3 is 2.61 bits per heavy atom. The number of carbonyl (C=O) groups is 1. The number of aromatic nitrogens is 3. The smallest absolute Gasteiger partial charge is 0.307 e. The molecule has 0 saturated heterocycles. The third-order valence-corrected chi connectivity index (χ3v) is 6.01. The van der Waals surface area contributed by atoms with E-state index in [9.17, 15) is 9.90 Å². The van der Waals surface area contributed by atoms with Crippen LogP contribution in [0.3, 0.4) is 0 Å². The highest BCUT2D eigenvalue weighted by atomic mass is 16.5. The van der Waals surface area contributed by atoms with Gasteiger partial charge in [0.1, 0.15) is 12.4 Å². The fraction of sp³-hybridized carbons (Fsp3) is 0.345. The van der Waals surface area contributed by atoms with Crippen molar-refractivity contribution in [3.8, 4) is 11.6 Å². The molecular weight excluding hydrogens is 454 g/mol. The Hall–Kier alpha value is -3.87. The maximum atomic E-state index is 11.2. The normalized spacial score (nSPS) is 11.1. The molecule has 0 aliphatic heterocycles. The molecule has 0 aliphatic carbocycles. The van der Waals surface area contributed by atoms with Crippen molar-refractivity contribution in [3.63, 3.8) is 0 Å². The lowest BCUT2D eigenvalue weighted by atomic mass is 10.0. The lowest BCUT2D eigenvalue weighted by Crippen LogP contribution is -2.09. The zero-order valence-corrected chi connectivity index (χ0v) is 20.9. The number of nitrogens with zero attached hydrogens (tertiary/aromatic N) is 3. The predicted octanol–water partition coefficient (Wildman–Crippen LogP) is 5.62. The Kier molecular flexibility index (Phi) is 8.55. The van der Waals surface area contributed by atoms with E-state index in [2.05, 4.69) is 23.1 Å². The first-order chi connectivity index (χ1) is 17.6. The molecule has 0 amide bonds. The average Bonchev–Trinajstić information content (AvgIpc) is 3.27. The van der Waals surface area contributed by atoms with Crippen molar-refractivity contribution in [2.24, 2.45) is 0 Å². The van der Waals surface area contributed by atoms with E-state index in [1.165, 1.54) is 0 Å². The van der Waals surface area contributed by atoms with Crippen LogP contribution in [-0.4, -0.2) is 32.4 Å². The first-order valence-electron chi connectivity index (χ1n) is 12.6. The van der Waals surface area contributed by atoms with E-state index in [-0.39, 0.29) is 6.42 Å². The predicted molar refractivity (Wildman–Crippen MR) is 140 cm³/mol. The van der Waals surface area contributed by atoms with E-state index >= 15 is 0 Å². The van der Waals surface area contributed by atoms with Crippen LogP contribution in [-0.2, 0) is 37.2 Å². The summed E-state index contributed by atoms with van der Waals surface area (Å²) in [5, 5.41) is 15.0. The van der Waals surface area contributed by atoms with E-state index in [1.807, 2.05) is 66.3 Å². The molecule has 0 aliphatic rings. The van der Waals surface area contributed by atoms with Crippen molar-refractivity contribution in [1.82, 2.24) is 14.8 Å². The number of pyridine rings is 1. The van der Waals surface area contributed by atoms with Crippen molar-refractivity contribution in [2.75, 3.05) is 6.61 Å². The van der Waals surface area contributed by atoms with Gasteiger partial charge in [-0.15, -0.1) is 5.10 Å². The summed E-state index contributed by atoms with van der Waals surface area (Å²) in [5.41, 5.74) is 4.64. The number of ether oxygens (including phenoxy) is 2. The third-order valence-electron chi connectivity index (χ3n) is 6.01. The van der Waals surface area contributed by atoms with Crippen molar-refractivity contribution in [2.45, 2.75) is 59.1 Å². The molecule has 0 atom stereocenters. The van der Waals surface area contributed by atoms with Gasteiger partial charge in [0.2, 0.25) is 5.88 Å². The standard InChI is InChI=1S/C29H33N3O4/c1-3-9-24-19-32(16-8-17-35-28-21(4-2)11-7-12-23(28)18-27(33)34)31-29(24)36-20-25-15-14-22-10-5-6-13-26(22)30-25/h5-7,10-15,19H,3-4,8-9,16-18,20H2,1-2H3,(H,33,34). The Balaban J connectivity index is 1.37. The highest BCUT2D eigenvalue weighted by molar-refractivity contribution is 5.78. The summed E-state index contributed by atoms with van der Waals surface area (Å²) in [7, 11) is 0. The second-order valence-electron chi connectivity index (χ2n) is 8.79. The third kappa shape index (κ3) is 6.42. The number of carboxylic acids is 1. The Morgan fingerprint density at radius 2 is 1.81 bits per heavy atom. The van der Waals surface area contributed by atoms with E-state index in [0.717, 1.165) is 53.4 Å². The summed E-state index contributed by atoms with van der Waals surface area (Å²) in [4.78, 5) is 15.9. The van der Waals surface area contributed by atoms with Gasteiger partial charge in [-0.05, 0) is 30.5 Å². The number of para-hydroxylation sites is 2. The number of benzene rings is 2. The molecule has 2 aromatic carbocycles. The quantitative estimate of drug-likeness (QED) is 0.246. The van der Waals surface area contributed by atoms with Gasteiger partial charge in [0, 0.05) is 35.7 Å². The molecule has 0 saturated carbocycles. The molecule has 0 fully saturated rings. The van der Waals surface area contributed by atoms with Crippen LogP contribution in [0.2, 0.25) is 0 Å². The number of carboxylic acid groups (broad SMARTS) is 1. The molecule has 36 heavy (non-hydrogen) atoms. The highest BCUT2D eigenvalue weighted by Gasteiger charge is 2.13. The van der Waals surface area contributed by atoms with Gasteiger partial charge in [-0.1, -0.05) is 62.7 Å². The Bertz CT molecular complexity index is 1320. The molecule has 188 valence electrons. The van der Waals surface area contributed by atoms with E-state index in [0.29, 0.717) is 37.0 Å². The number of hydrogen-bond acceptors (Lipinski definition) is 5. The summed E-state index contributed by atoms with van der Waals surface area (Å²) >= 11 is 0. The summed E-state index contributed by atoms with van der Waals surface area (Å²) in [6.45, 7) is 5.70. The maximum Gasteiger partial charge on any atom is 0.307 e. The molecule has 1 N–H and O–H groups in total. The van der Waals surface area contributed by atoms with Crippen LogP contribution in [0.15, 0.2) is 60.8 Å². The van der Waals surface area contributed by atoms with Crippen molar-refractivity contribution < 1.29 is 19.4 Å². The average molecular weight is 488 g/mol. The lowest BCUT2D eigenvalue weighted by Gasteiger charge is -2.14. The zero-order valence-electron chi connectivity index (χ0n) is 20.9. The summed E-state index contributed by atoms with van der Waals surface area (Å²) < 4.78 is 14.0. The summed E-state index contributed by atoms with van der Waals surface area (Å²) in [5.74, 6) is 0.480. The van der Waals surface area contributed by atoms with Crippen LogP contribution < -0.4 is 9.47 Å². The lowest BCUT2D eigenvalue weighted by molar-refractivity contribution is -0.136. The van der Waals surface area contributed by atoms with Crippen LogP contribution in [0, 0.1) is 0 Å². The van der Waals surface area contributed by atoms with Gasteiger partial charge >= 0.3 is 5.97 Å². The van der Waals surface area contributed by atoms with Gasteiger partial charge in [0.15, 0.2) is 0 Å². The van der Waals surface area contributed by atoms with Crippen LogP contribution in [0.4, 0.5) is 0 Å². The Labute approximate surface area is 211 Å². The number of hydrogen-bond donors (Lipinski definition) is 1. The minimum atomic E-state index is -0.862. The van der Waals surface area contributed by atoms with E-state index in [1.54, 1.807) is 0 Å². The Morgan fingerprint density at radius 1 is 0.972 bits per heavy atom. The summed E-state index contributed by atoms with van der Waals surface area (Å²) in [6.07, 6.45) is 5.41. The number of fused-ring (bicyclic) bond motifs is 1. The van der Waals surface area contributed by atoms with E-state index in [4.69, 9.17) is 9.47 Å². The minimum Gasteiger partial charge on any atom is -0.493 e. The highest BCUT2D eigenvalue weighted by Crippen LogP contribution is 2.26. The van der Waals surface area contributed by atoms with Gasteiger partial charge in [-0.25, -0.2) is 4.98 Å². The fourth-order valence-electron chi connectivity index (χ4n) is 4.26. The van der Waals surface area contributed by atoms with Gasteiger partial charge in [-0.3, -0.25) is 9.48 Å². The number of rotatable bonds is 13. The molecule has 2 heterocycles. The fourth-order valence-corrected chi connectivity index (χ4v) is 4.26. The van der Waals surface area contributed by atoms with Crippen LogP contribution >= 0.6 is 0 Å². The zero-order chi connectivity index (χ0) is 25.3. The maximum absolute atomic E-state index is 11.2. The number of aryl methyl sites for hydroxylation is 3. The van der Waals surface area contributed by atoms with Gasteiger partial charge in [0.05, 0.1) is 24.2 Å². The van der Waals surface area contributed by atoms with Crippen LogP contribution in [0.25, 0.3) is 10.9 Å². The first kappa shape index (κ1) is 25.2. The van der Waals surface area contributed by atoms with Gasteiger partial charge < -0.3 is 14.6 Å². The second-order valence-corrected chi connectivity index (χ2v) is 8.79. The van der Waals surface area contributed by atoms with Gasteiger partial charge in [-0.2, -0.15) is 0 Å². The molecule has 7 nitrogen and oxygen atoms in total. The topological polar surface area (TPSA) is 86.5 Å². The van der Waals surface area contributed by atoms with Crippen molar-refractivity contribution in [1.29, 1.82) is 0 Å². The second kappa shape index (κ2) is 12.2. The van der Waals surface area contributed by atoms with Crippen LogP contribution in [0.5, 0.6) is 11.6 Å². The molecular formula is C29H33N3O4. The van der Waals surface area contributed by atoms with Crippen LogP contribution in [0.1, 0.15) is 49.1 Å². The molecule has 0 bridgehead atoms. The van der Waals surface area contributed by atoms with Gasteiger partial charge in [0.25, 0.3) is 0 Å². The van der Waals surface area contributed by atoms with E-state index < -0.39 is 5.97 Å². The minimum absolute atomic E-state index is 0.0462. The summed E-state index contributed by atoms with van der Waals surface area (Å²) in [6, 6.07) is 17.8. The molecule has 7 heteroatoms. The molecule has 0 spiro atoms. The molecule has 4 rings (SSSR count). The largest absolute Gasteiger partial charge is 0.493 e. The van der Waals surface area contributed by atoms with Crippen molar-refractivity contribution in [3.05, 3.63) is 83.2 Å². The first-order valence-corrected chi connectivity index (χ1v) is 12.6. The SMILES string of the molecule is CCCc1cn(CCCOc2c(CC)cccc2CC(=O)O)nc1OCc1ccc2ccccc2n1. The monoisotopic (exact) mass is 487 g/mol. The molecule has 0 unspecified atom stereocenters.